The Labute approximate surface area is 223 Å². The number of amides is 2. The molecule has 4 aliphatic rings. The van der Waals surface area contributed by atoms with Gasteiger partial charge in [0.1, 0.15) is 6.04 Å². The number of piperidine rings is 3. The molecule has 2 bridgehead atoms. The third kappa shape index (κ3) is 5.85. The van der Waals surface area contributed by atoms with Crippen LogP contribution in [-0.4, -0.2) is 67.7 Å². The highest BCUT2D eigenvalue weighted by molar-refractivity contribution is 7.89. The number of nitrogens with zero attached hydrogens (tertiary/aromatic N) is 2. The van der Waals surface area contributed by atoms with Crippen LogP contribution in [0.4, 0.5) is 0 Å². The third-order valence-electron chi connectivity index (χ3n) is 7.80. The largest absolute Gasteiger partial charge is 0.355 e. The van der Waals surface area contributed by atoms with Crippen molar-refractivity contribution in [1.29, 1.82) is 0 Å². The number of halogens is 1. The maximum Gasteiger partial charge on any atom is 0.251 e. The van der Waals surface area contributed by atoms with Crippen LogP contribution in [0, 0.1) is 5.92 Å². The molecule has 2 amide bonds. The van der Waals surface area contributed by atoms with Crippen molar-refractivity contribution < 1.29 is 18.0 Å². The van der Waals surface area contributed by atoms with Gasteiger partial charge in [0.05, 0.1) is 4.90 Å². The molecule has 0 unspecified atom stereocenters. The first-order valence-electron chi connectivity index (χ1n) is 13.0. The molecule has 0 spiro atoms. The van der Waals surface area contributed by atoms with Crippen molar-refractivity contribution in [2.75, 3.05) is 26.2 Å². The topological polar surface area (TPSA) is 98.8 Å². The summed E-state index contributed by atoms with van der Waals surface area (Å²) < 4.78 is 28.7. The summed E-state index contributed by atoms with van der Waals surface area (Å²) in [5.74, 6) is 0.133. The summed E-state index contributed by atoms with van der Waals surface area (Å²) in [6.07, 6.45) is 4.24. The van der Waals surface area contributed by atoms with Gasteiger partial charge in [-0.2, -0.15) is 4.31 Å². The molecule has 6 rings (SSSR count). The van der Waals surface area contributed by atoms with Crippen LogP contribution in [0.25, 0.3) is 0 Å². The quantitative estimate of drug-likeness (QED) is 0.558. The fourth-order valence-corrected chi connectivity index (χ4v) is 7.36. The van der Waals surface area contributed by atoms with Crippen LogP contribution in [-0.2, 0) is 21.4 Å². The van der Waals surface area contributed by atoms with Gasteiger partial charge >= 0.3 is 0 Å². The lowest BCUT2D eigenvalue weighted by Crippen LogP contribution is -2.57. The summed E-state index contributed by atoms with van der Waals surface area (Å²) in [6.45, 7) is 3.67. The lowest BCUT2D eigenvalue weighted by Gasteiger charge is -2.44. The molecule has 0 aliphatic carbocycles. The second-order valence-corrected chi connectivity index (χ2v) is 12.5. The van der Waals surface area contributed by atoms with Crippen LogP contribution >= 0.6 is 11.6 Å². The number of rotatable bonds is 7. The number of hydrogen-bond acceptors (Lipinski definition) is 5. The summed E-state index contributed by atoms with van der Waals surface area (Å²) in [5, 5.41) is 6.47. The van der Waals surface area contributed by atoms with E-state index >= 15 is 0 Å². The molecular weight excluding hydrogens is 512 g/mol. The van der Waals surface area contributed by atoms with Gasteiger partial charge in [-0.05, 0) is 93.1 Å². The zero-order valence-electron chi connectivity index (χ0n) is 20.7. The zero-order valence-corrected chi connectivity index (χ0v) is 22.3. The van der Waals surface area contributed by atoms with Crippen LogP contribution in [0.2, 0.25) is 5.02 Å². The van der Waals surface area contributed by atoms with Crippen molar-refractivity contribution in [3.8, 4) is 0 Å². The summed E-state index contributed by atoms with van der Waals surface area (Å²) in [4.78, 5) is 28.3. The molecule has 10 heteroatoms. The molecule has 2 atom stereocenters. The maximum absolute atomic E-state index is 13.7. The summed E-state index contributed by atoms with van der Waals surface area (Å²) in [7, 11) is -3.99. The lowest BCUT2D eigenvalue weighted by atomic mass is 9.84. The molecule has 0 saturated carbocycles. The highest BCUT2D eigenvalue weighted by atomic mass is 35.5. The Morgan fingerprint density at radius 3 is 2.38 bits per heavy atom. The first kappa shape index (κ1) is 26.2. The maximum atomic E-state index is 13.7. The first-order chi connectivity index (χ1) is 17.8. The van der Waals surface area contributed by atoms with Crippen molar-refractivity contribution in [2.45, 2.75) is 55.6 Å². The molecule has 198 valence electrons. The zero-order chi connectivity index (χ0) is 26.0. The monoisotopic (exact) mass is 544 g/mol. The van der Waals surface area contributed by atoms with Crippen LogP contribution in [0.15, 0.2) is 53.4 Å². The Balaban J connectivity index is 1.35. The van der Waals surface area contributed by atoms with E-state index in [1.807, 2.05) is 0 Å². The second kappa shape index (κ2) is 11.1. The molecule has 37 heavy (non-hydrogen) atoms. The van der Waals surface area contributed by atoms with Gasteiger partial charge in [0, 0.05) is 36.3 Å². The number of hydrogen-bond donors (Lipinski definition) is 2. The van der Waals surface area contributed by atoms with Gasteiger partial charge in [-0.15, -0.1) is 0 Å². The predicted molar refractivity (Wildman–Crippen MR) is 142 cm³/mol. The number of nitrogens with one attached hydrogen (secondary N) is 2. The molecule has 2 aromatic carbocycles. The van der Waals surface area contributed by atoms with E-state index < -0.39 is 16.1 Å². The van der Waals surface area contributed by atoms with E-state index in [1.54, 1.807) is 24.3 Å². The van der Waals surface area contributed by atoms with Crippen LogP contribution in [0.5, 0.6) is 0 Å². The van der Waals surface area contributed by atoms with Gasteiger partial charge in [-0.3, -0.25) is 9.59 Å². The Morgan fingerprint density at radius 2 is 1.73 bits per heavy atom. The lowest BCUT2D eigenvalue weighted by molar-refractivity contribution is -0.124. The summed E-state index contributed by atoms with van der Waals surface area (Å²) in [5.41, 5.74) is 1.24. The number of fused-ring (bicyclic) bond motifs is 3. The molecule has 8 nitrogen and oxygen atoms in total. The molecule has 4 aliphatic heterocycles. The van der Waals surface area contributed by atoms with Crippen molar-refractivity contribution in [1.82, 2.24) is 19.8 Å². The van der Waals surface area contributed by atoms with Gasteiger partial charge < -0.3 is 15.5 Å². The van der Waals surface area contributed by atoms with Crippen molar-refractivity contribution in [2.24, 2.45) is 5.92 Å². The Morgan fingerprint density at radius 1 is 1.03 bits per heavy atom. The SMILES string of the molecule is O=C(N[C@@H]1CN2CCC1CC2)c1ccc(CN([C@@H]2CCCCNC2=O)S(=O)(=O)c2ccc(Cl)cc2)cc1. The molecule has 4 heterocycles. The molecular formula is C27H33ClN4O4S. The number of benzene rings is 2. The first-order valence-corrected chi connectivity index (χ1v) is 14.8. The van der Waals surface area contributed by atoms with E-state index in [-0.39, 0.29) is 29.3 Å². The van der Waals surface area contributed by atoms with Gasteiger partial charge in [0.15, 0.2) is 0 Å². The van der Waals surface area contributed by atoms with Crippen molar-refractivity contribution in [3.05, 3.63) is 64.7 Å². The third-order valence-corrected chi connectivity index (χ3v) is 9.92. The highest BCUT2D eigenvalue weighted by Crippen LogP contribution is 2.28. The second-order valence-electron chi connectivity index (χ2n) is 10.2. The fraction of sp³-hybridized carbons (Fsp3) is 0.481. The number of carbonyl (C=O) groups excluding carboxylic acids is 2. The molecule has 0 aromatic heterocycles. The Bertz CT molecular complexity index is 1230. The molecule has 2 N–H and O–H groups in total. The number of sulfonamides is 1. The number of carbonyl (C=O) groups is 2. The van der Waals surface area contributed by atoms with Crippen LogP contribution in [0.1, 0.15) is 48.0 Å². The van der Waals surface area contributed by atoms with Crippen LogP contribution < -0.4 is 10.6 Å². The Kier molecular flexibility index (Phi) is 7.85. The van der Waals surface area contributed by atoms with E-state index in [2.05, 4.69) is 15.5 Å². The van der Waals surface area contributed by atoms with E-state index in [9.17, 15) is 18.0 Å². The summed E-state index contributed by atoms with van der Waals surface area (Å²) >= 11 is 5.98. The minimum atomic E-state index is -3.99. The summed E-state index contributed by atoms with van der Waals surface area (Å²) in [6, 6.07) is 12.3. The standard InChI is InChI=1S/C27H33ClN4O4S/c28-22-8-10-23(11-9-22)37(35,36)32(25-3-1-2-14-29-27(25)34)17-19-4-6-21(7-5-19)26(33)30-24-18-31-15-12-20(24)13-16-31/h4-11,20,24-25H,1-3,12-18H2,(H,29,34)(H,30,33)/t24-,25-/m1/s1. The fourth-order valence-electron chi connectivity index (χ4n) is 5.62. The van der Waals surface area contributed by atoms with Crippen LogP contribution in [0.3, 0.4) is 0 Å². The minimum Gasteiger partial charge on any atom is -0.355 e. The van der Waals surface area contributed by atoms with Gasteiger partial charge in [0.25, 0.3) is 5.91 Å². The highest BCUT2D eigenvalue weighted by Gasteiger charge is 2.37. The smallest absolute Gasteiger partial charge is 0.251 e. The molecule has 2 aromatic rings. The average molecular weight is 545 g/mol. The predicted octanol–water partition coefficient (Wildman–Crippen LogP) is 3.02. The molecule has 0 radical (unpaired) electrons. The molecule has 4 saturated heterocycles. The van der Waals surface area contributed by atoms with Crippen molar-refractivity contribution >= 4 is 33.4 Å². The molecule has 4 fully saturated rings. The van der Waals surface area contributed by atoms with Gasteiger partial charge in [-0.1, -0.05) is 23.7 Å². The normalized spacial score (nSPS) is 25.9. The Hall–Kier alpha value is -2.46. The van der Waals surface area contributed by atoms with E-state index in [0.717, 1.165) is 45.3 Å². The van der Waals surface area contributed by atoms with E-state index in [4.69, 9.17) is 11.6 Å². The van der Waals surface area contributed by atoms with E-state index in [0.29, 0.717) is 35.0 Å². The van der Waals surface area contributed by atoms with Gasteiger partial charge in [0.2, 0.25) is 15.9 Å². The van der Waals surface area contributed by atoms with Gasteiger partial charge in [-0.25, -0.2) is 8.42 Å². The van der Waals surface area contributed by atoms with E-state index in [1.165, 1.54) is 28.6 Å². The average Bonchev–Trinajstić information content (AvgIpc) is 3.12. The minimum absolute atomic E-state index is 0.0185. The van der Waals surface area contributed by atoms with Crippen molar-refractivity contribution in [3.63, 3.8) is 0 Å².